The summed E-state index contributed by atoms with van der Waals surface area (Å²) in [6, 6.07) is 15.1. The highest BCUT2D eigenvalue weighted by Crippen LogP contribution is 2.41. The van der Waals surface area contributed by atoms with Crippen LogP contribution in [-0.2, 0) is 10.2 Å². The van der Waals surface area contributed by atoms with Crippen LogP contribution in [0.3, 0.4) is 0 Å². The molecule has 156 valence electrons. The fourth-order valence-corrected chi connectivity index (χ4v) is 4.06. The molecule has 4 nitrogen and oxygen atoms in total. The van der Waals surface area contributed by atoms with Gasteiger partial charge in [-0.2, -0.15) is 0 Å². The summed E-state index contributed by atoms with van der Waals surface area (Å²) in [6.45, 7) is 14.7. The molecule has 0 bridgehead atoms. The van der Waals surface area contributed by atoms with Gasteiger partial charge in [-0.25, -0.2) is 4.79 Å². The minimum absolute atomic E-state index is 0.166. The number of nitrogens with zero attached hydrogens (tertiary/aromatic N) is 1. The van der Waals surface area contributed by atoms with Gasteiger partial charge in [0.15, 0.2) is 0 Å². The summed E-state index contributed by atoms with van der Waals surface area (Å²) in [5.74, 6) is -0.279. The molecule has 1 N–H and O–H groups in total. The second-order valence-corrected chi connectivity index (χ2v) is 8.86. The molecule has 2 aromatic carbocycles. The first-order valence-electron chi connectivity index (χ1n) is 10.7. The molecule has 0 fully saturated rings. The molecule has 1 atom stereocenters. The fourth-order valence-electron chi connectivity index (χ4n) is 4.06. The molecule has 1 heterocycles. The van der Waals surface area contributed by atoms with Crippen LogP contribution in [0.1, 0.15) is 75.5 Å². The van der Waals surface area contributed by atoms with E-state index >= 15 is 0 Å². The van der Waals surface area contributed by atoms with Crippen LogP contribution in [0.2, 0.25) is 0 Å². The lowest BCUT2D eigenvalue weighted by atomic mass is 9.76. The monoisotopic (exact) mass is 394 g/mol. The minimum atomic E-state index is -0.279. The van der Waals surface area contributed by atoms with Crippen LogP contribution in [0.4, 0.5) is 11.4 Å². The van der Waals surface area contributed by atoms with Gasteiger partial charge in [-0.3, -0.25) is 0 Å². The second kappa shape index (κ2) is 8.48. The lowest BCUT2D eigenvalue weighted by Gasteiger charge is -2.42. The largest absolute Gasteiger partial charge is 0.462 e. The number of fused-ring (bicyclic) bond motifs is 1. The smallest absolute Gasteiger partial charge is 0.338 e. The Balaban J connectivity index is 1.80. The van der Waals surface area contributed by atoms with E-state index in [-0.39, 0.29) is 17.4 Å². The number of carbonyl (C=O) groups is 1. The Bertz CT molecular complexity index is 856. The Morgan fingerprint density at radius 3 is 2.45 bits per heavy atom. The topological polar surface area (TPSA) is 41.6 Å². The first kappa shape index (κ1) is 21.2. The van der Waals surface area contributed by atoms with E-state index in [1.165, 1.54) is 23.2 Å². The summed E-state index contributed by atoms with van der Waals surface area (Å²) in [6.07, 6.45) is 1.17. The van der Waals surface area contributed by atoms with Crippen LogP contribution < -0.4 is 10.2 Å². The third-order valence-corrected chi connectivity index (χ3v) is 5.94. The van der Waals surface area contributed by atoms with Crippen LogP contribution >= 0.6 is 0 Å². The van der Waals surface area contributed by atoms with Crippen molar-refractivity contribution in [3.8, 4) is 0 Å². The number of rotatable bonds is 6. The molecule has 1 aliphatic rings. The summed E-state index contributed by atoms with van der Waals surface area (Å²) < 4.78 is 5.05. The number of hydrogen-bond acceptors (Lipinski definition) is 4. The Kier molecular flexibility index (Phi) is 6.21. The number of nitrogens with one attached hydrogen (secondary N) is 1. The Labute approximate surface area is 175 Å². The first-order chi connectivity index (χ1) is 13.7. The van der Waals surface area contributed by atoms with Crippen LogP contribution in [0.25, 0.3) is 0 Å². The number of hydrogen-bond donors (Lipinski definition) is 1. The summed E-state index contributed by atoms with van der Waals surface area (Å²) in [5, 5.41) is 3.56. The van der Waals surface area contributed by atoms with E-state index in [1.54, 1.807) is 0 Å². The first-order valence-corrected chi connectivity index (χ1v) is 10.7. The maximum Gasteiger partial charge on any atom is 0.338 e. The Morgan fingerprint density at radius 1 is 1.14 bits per heavy atom. The van der Waals surface area contributed by atoms with E-state index in [1.807, 2.05) is 31.2 Å². The highest BCUT2D eigenvalue weighted by molar-refractivity contribution is 5.89. The predicted octanol–water partition coefficient (Wildman–Crippen LogP) is 5.93. The molecular formula is C25H34N2O2. The van der Waals surface area contributed by atoms with Crippen LogP contribution in [0.5, 0.6) is 0 Å². The third kappa shape index (κ3) is 4.58. The average molecular weight is 395 g/mol. The van der Waals surface area contributed by atoms with E-state index < -0.39 is 0 Å². The second-order valence-electron chi connectivity index (χ2n) is 8.86. The van der Waals surface area contributed by atoms with Gasteiger partial charge in [-0.15, -0.1) is 0 Å². The maximum atomic E-state index is 11.8. The zero-order chi connectivity index (χ0) is 21.2. The van der Waals surface area contributed by atoms with Crippen molar-refractivity contribution in [2.24, 2.45) is 0 Å². The van der Waals surface area contributed by atoms with E-state index in [0.717, 1.165) is 12.2 Å². The van der Waals surface area contributed by atoms with Gasteiger partial charge in [0.1, 0.15) is 0 Å². The molecule has 3 rings (SSSR count). The van der Waals surface area contributed by atoms with Crippen molar-refractivity contribution >= 4 is 17.3 Å². The van der Waals surface area contributed by atoms with Crippen molar-refractivity contribution in [3.05, 3.63) is 59.2 Å². The predicted molar refractivity (Wildman–Crippen MR) is 121 cm³/mol. The molecule has 0 aromatic heterocycles. The quantitative estimate of drug-likeness (QED) is 0.616. The van der Waals surface area contributed by atoms with Crippen molar-refractivity contribution in [2.45, 2.75) is 65.5 Å². The number of anilines is 2. The third-order valence-electron chi connectivity index (χ3n) is 5.94. The fraction of sp³-hybridized carbons (Fsp3) is 0.480. The number of benzene rings is 2. The molecule has 2 aromatic rings. The van der Waals surface area contributed by atoms with Crippen molar-refractivity contribution in [1.82, 2.24) is 0 Å². The molecular weight excluding hydrogens is 360 g/mol. The van der Waals surface area contributed by atoms with Crippen LogP contribution in [0, 0.1) is 0 Å². The molecule has 0 amide bonds. The highest BCUT2D eigenvalue weighted by Gasteiger charge is 2.32. The van der Waals surface area contributed by atoms with Crippen molar-refractivity contribution in [1.29, 1.82) is 0 Å². The zero-order valence-electron chi connectivity index (χ0n) is 18.6. The van der Waals surface area contributed by atoms with Crippen molar-refractivity contribution in [3.63, 3.8) is 0 Å². The molecule has 0 aliphatic carbocycles. The summed E-state index contributed by atoms with van der Waals surface area (Å²) in [5.41, 5.74) is 5.82. The Morgan fingerprint density at radius 2 is 1.83 bits per heavy atom. The summed E-state index contributed by atoms with van der Waals surface area (Å²) in [7, 11) is 0. The van der Waals surface area contributed by atoms with Gasteiger partial charge in [0, 0.05) is 30.0 Å². The summed E-state index contributed by atoms with van der Waals surface area (Å²) in [4.78, 5) is 14.3. The molecule has 0 radical (unpaired) electrons. The van der Waals surface area contributed by atoms with Gasteiger partial charge in [-0.1, -0.05) is 26.0 Å². The SMILES string of the molecule is CCOC(=O)c1ccc(NC(C)c2ccc3c(c2)C(C)(C)CCN3C(C)C)cc1. The van der Waals surface area contributed by atoms with E-state index in [2.05, 4.69) is 63.0 Å². The minimum Gasteiger partial charge on any atom is -0.462 e. The molecule has 1 aliphatic heterocycles. The van der Waals surface area contributed by atoms with Crippen LogP contribution in [0.15, 0.2) is 42.5 Å². The molecule has 1 unspecified atom stereocenters. The van der Waals surface area contributed by atoms with E-state index in [4.69, 9.17) is 4.74 Å². The van der Waals surface area contributed by atoms with Crippen molar-refractivity contribution < 1.29 is 9.53 Å². The summed E-state index contributed by atoms with van der Waals surface area (Å²) >= 11 is 0. The Hall–Kier alpha value is -2.49. The molecule has 4 heteroatoms. The number of carbonyl (C=O) groups excluding carboxylic acids is 1. The highest BCUT2D eigenvalue weighted by atomic mass is 16.5. The zero-order valence-corrected chi connectivity index (χ0v) is 18.6. The number of esters is 1. The van der Waals surface area contributed by atoms with Gasteiger partial charge in [-0.05, 0) is 81.0 Å². The van der Waals surface area contributed by atoms with Gasteiger partial charge in [0.05, 0.1) is 12.2 Å². The van der Waals surface area contributed by atoms with Gasteiger partial charge >= 0.3 is 5.97 Å². The normalized spacial score (nSPS) is 16.3. The lowest BCUT2D eigenvalue weighted by molar-refractivity contribution is 0.0526. The molecule has 0 spiro atoms. The standard InChI is InChI=1S/C25H34N2O2/c1-7-29-24(28)19-8-11-21(12-9-19)26-18(4)20-10-13-23-22(16-20)25(5,6)14-15-27(23)17(2)3/h8-13,16-18,26H,7,14-15H2,1-6H3. The molecule has 0 saturated carbocycles. The van der Waals surface area contributed by atoms with E-state index in [9.17, 15) is 4.79 Å². The average Bonchev–Trinajstić information content (AvgIpc) is 2.68. The lowest BCUT2D eigenvalue weighted by Crippen LogP contribution is -2.41. The maximum absolute atomic E-state index is 11.8. The van der Waals surface area contributed by atoms with Gasteiger partial charge in [0.2, 0.25) is 0 Å². The number of ether oxygens (including phenoxy) is 1. The van der Waals surface area contributed by atoms with Crippen molar-refractivity contribution in [2.75, 3.05) is 23.4 Å². The van der Waals surface area contributed by atoms with E-state index in [0.29, 0.717) is 18.2 Å². The molecule has 29 heavy (non-hydrogen) atoms. The van der Waals surface area contributed by atoms with Gasteiger partial charge in [0.25, 0.3) is 0 Å². The van der Waals surface area contributed by atoms with Crippen LogP contribution in [-0.4, -0.2) is 25.2 Å². The van der Waals surface area contributed by atoms with Gasteiger partial charge < -0.3 is 15.0 Å². The molecule has 0 saturated heterocycles.